The van der Waals surface area contributed by atoms with Crippen LogP contribution >= 0.6 is 11.8 Å². The van der Waals surface area contributed by atoms with Crippen molar-refractivity contribution in [2.24, 2.45) is 0 Å². The number of carbonyl (C=O) groups is 1. The number of carbonyl (C=O) groups excluding carboxylic acids is 1. The molecule has 0 radical (unpaired) electrons. The molecule has 0 atom stereocenters. The lowest BCUT2D eigenvalue weighted by Gasteiger charge is -2.01. The molecule has 0 bridgehead atoms. The van der Waals surface area contributed by atoms with Gasteiger partial charge < -0.3 is 9.73 Å². The van der Waals surface area contributed by atoms with E-state index in [2.05, 4.69) is 5.32 Å². The maximum Gasteiger partial charge on any atom is 0.221 e. The van der Waals surface area contributed by atoms with Gasteiger partial charge in [-0.05, 0) is 18.4 Å². The van der Waals surface area contributed by atoms with Gasteiger partial charge in [0.2, 0.25) is 5.91 Å². The lowest BCUT2D eigenvalue weighted by molar-refractivity contribution is -0.120. The summed E-state index contributed by atoms with van der Waals surface area (Å²) < 4.78 is 5.07. The van der Waals surface area contributed by atoms with Crippen LogP contribution in [0.25, 0.3) is 0 Å². The third-order valence-electron chi connectivity index (χ3n) is 1.57. The SMILES string of the molecule is CSCCC(=O)NCc1ccco1. The first-order valence-electron chi connectivity index (χ1n) is 4.11. The monoisotopic (exact) mass is 199 g/mol. The summed E-state index contributed by atoms with van der Waals surface area (Å²) in [4.78, 5) is 11.1. The first-order chi connectivity index (χ1) is 6.33. The van der Waals surface area contributed by atoms with Gasteiger partial charge in [0.1, 0.15) is 5.76 Å². The molecular weight excluding hydrogens is 186 g/mol. The number of nitrogens with one attached hydrogen (secondary N) is 1. The molecule has 0 aliphatic rings. The zero-order chi connectivity index (χ0) is 9.52. The van der Waals surface area contributed by atoms with E-state index >= 15 is 0 Å². The molecule has 0 aliphatic carbocycles. The third kappa shape index (κ3) is 4.03. The first kappa shape index (κ1) is 10.2. The van der Waals surface area contributed by atoms with Crippen molar-refractivity contribution < 1.29 is 9.21 Å². The fourth-order valence-corrected chi connectivity index (χ4v) is 1.27. The molecule has 1 rings (SSSR count). The Morgan fingerprint density at radius 2 is 2.54 bits per heavy atom. The van der Waals surface area contributed by atoms with Gasteiger partial charge in [0.05, 0.1) is 12.8 Å². The van der Waals surface area contributed by atoms with Crippen LogP contribution in [0.5, 0.6) is 0 Å². The Kier molecular flexibility index (Phi) is 4.46. The lowest BCUT2D eigenvalue weighted by atomic mass is 10.4. The Labute approximate surface area is 81.9 Å². The molecule has 13 heavy (non-hydrogen) atoms. The molecule has 4 heteroatoms. The fourth-order valence-electron chi connectivity index (χ4n) is 0.882. The van der Waals surface area contributed by atoms with E-state index in [0.717, 1.165) is 11.5 Å². The highest BCUT2D eigenvalue weighted by atomic mass is 32.2. The highest BCUT2D eigenvalue weighted by molar-refractivity contribution is 7.98. The number of hydrogen-bond donors (Lipinski definition) is 1. The van der Waals surface area contributed by atoms with Crippen molar-refractivity contribution in [3.63, 3.8) is 0 Å². The van der Waals surface area contributed by atoms with Crippen LogP contribution in [0.1, 0.15) is 12.2 Å². The molecule has 0 unspecified atom stereocenters. The third-order valence-corrected chi connectivity index (χ3v) is 2.19. The Balaban J connectivity index is 2.15. The largest absolute Gasteiger partial charge is 0.467 e. The molecule has 0 fully saturated rings. The highest BCUT2D eigenvalue weighted by Crippen LogP contribution is 1.99. The van der Waals surface area contributed by atoms with Crippen LogP contribution in [0.4, 0.5) is 0 Å². The van der Waals surface area contributed by atoms with Gasteiger partial charge in [-0.15, -0.1) is 0 Å². The summed E-state index contributed by atoms with van der Waals surface area (Å²) in [5, 5.41) is 2.77. The van der Waals surface area contributed by atoms with Crippen molar-refractivity contribution in [3.8, 4) is 0 Å². The standard InChI is InChI=1S/C9H13NO2S/c1-13-6-4-9(11)10-7-8-3-2-5-12-8/h2-3,5H,4,6-7H2,1H3,(H,10,11). The molecule has 1 aromatic heterocycles. The average molecular weight is 199 g/mol. The summed E-state index contributed by atoms with van der Waals surface area (Å²) in [6.45, 7) is 0.486. The fraction of sp³-hybridized carbons (Fsp3) is 0.444. The Bertz CT molecular complexity index is 246. The zero-order valence-corrected chi connectivity index (χ0v) is 8.39. The van der Waals surface area contributed by atoms with Crippen molar-refractivity contribution in [2.75, 3.05) is 12.0 Å². The van der Waals surface area contributed by atoms with Crippen molar-refractivity contribution >= 4 is 17.7 Å². The van der Waals surface area contributed by atoms with Crippen molar-refractivity contribution in [3.05, 3.63) is 24.2 Å². The maximum absolute atomic E-state index is 11.1. The summed E-state index contributed by atoms with van der Waals surface area (Å²) in [5.74, 6) is 1.73. The van der Waals surface area contributed by atoms with Crippen LogP contribution in [0.15, 0.2) is 22.8 Å². The van der Waals surface area contributed by atoms with E-state index in [1.54, 1.807) is 18.0 Å². The maximum atomic E-state index is 11.1. The Hall–Kier alpha value is -0.900. The predicted octanol–water partition coefficient (Wildman–Crippen LogP) is 1.65. The van der Waals surface area contributed by atoms with E-state index in [1.165, 1.54) is 0 Å². The first-order valence-corrected chi connectivity index (χ1v) is 5.50. The second-order valence-electron chi connectivity index (χ2n) is 2.60. The van der Waals surface area contributed by atoms with Gasteiger partial charge in [-0.3, -0.25) is 4.79 Å². The number of furan rings is 1. The smallest absolute Gasteiger partial charge is 0.221 e. The number of hydrogen-bond acceptors (Lipinski definition) is 3. The number of amides is 1. The second-order valence-corrected chi connectivity index (χ2v) is 3.58. The van der Waals surface area contributed by atoms with Gasteiger partial charge in [0.15, 0.2) is 0 Å². The van der Waals surface area contributed by atoms with Crippen molar-refractivity contribution in [1.82, 2.24) is 5.32 Å². The van der Waals surface area contributed by atoms with E-state index in [9.17, 15) is 4.79 Å². The summed E-state index contributed by atoms with van der Waals surface area (Å²) >= 11 is 1.67. The van der Waals surface area contributed by atoms with Gasteiger partial charge in [-0.2, -0.15) is 11.8 Å². The molecule has 72 valence electrons. The van der Waals surface area contributed by atoms with E-state index in [0.29, 0.717) is 13.0 Å². The van der Waals surface area contributed by atoms with E-state index in [1.807, 2.05) is 18.4 Å². The summed E-state index contributed by atoms with van der Waals surface area (Å²) in [6, 6.07) is 3.65. The highest BCUT2D eigenvalue weighted by Gasteiger charge is 2.01. The summed E-state index contributed by atoms with van der Waals surface area (Å²) in [5.41, 5.74) is 0. The van der Waals surface area contributed by atoms with E-state index < -0.39 is 0 Å². The van der Waals surface area contributed by atoms with E-state index in [4.69, 9.17) is 4.42 Å². The van der Waals surface area contributed by atoms with Crippen molar-refractivity contribution in [1.29, 1.82) is 0 Å². The average Bonchev–Trinajstić information content (AvgIpc) is 2.64. The molecule has 1 heterocycles. The summed E-state index contributed by atoms with van der Waals surface area (Å²) in [7, 11) is 0. The normalized spacial score (nSPS) is 9.92. The van der Waals surface area contributed by atoms with Gasteiger partial charge in [-0.25, -0.2) is 0 Å². The predicted molar refractivity (Wildman–Crippen MR) is 53.6 cm³/mol. The number of rotatable bonds is 5. The van der Waals surface area contributed by atoms with Crippen LogP contribution < -0.4 is 5.32 Å². The van der Waals surface area contributed by atoms with Gasteiger partial charge in [0, 0.05) is 12.2 Å². The molecule has 1 amide bonds. The second kappa shape index (κ2) is 5.70. The van der Waals surface area contributed by atoms with E-state index in [-0.39, 0.29) is 5.91 Å². The Morgan fingerprint density at radius 3 is 3.15 bits per heavy atom. The summed E-state index contributed by atoms with van der Waals surface area (Å²) in [6.07, 6.45) is 4.16. The van der Waals surface area contributed by atoms with Crippen LogP contribution in [-0.4, -0.2) is 17.9 Å². The van der Waals surface area contributed by atoms with Crippen LogP contribution in [0.3, 0.4) is 0 Å². The molecule has 0 aromatic carbocycles. The van der Waals surface area contributed by atoms with Crippen LogP contribution in [0, 0.1) is 0 Å². The molecule has 1 N–H and O–H groups in total. The molecule has 0 saturated heterocycles. The quantitative estimate of drug-likeness (QED) is 0.784. The van der Waals surface area contributed by atoms with Gasteiger partial charge in [-0.1, -0.05) is 0 Å². The molecule has 0 aliphatic heterocycles. The topological polar surface area (TPSA) is 42.2 Å². The minimum absolute atomic E-state index is 0.0748. The zero-order valence-electron chi connectivity index (χ0n) is 7.58. The molecule has 0 spiro atoms. The van der Waals surface area contributed by atoms with Crippen molar-refractivity contribution in [2.45, 2.75) is 13.0 Å². The molecule has 0 saturated carbocycles. The minimum Gasteiger partial charge on any atom is -0.467 e. The molecule has 3 nitrogen and oxygen atoms in total. The lowest BCUT2D eigenvalue weighted by Crippen LogP contribution is -2.22. The van der Waals surface area contributed by atoms with Crippen LogP contribution in [-0.2, 0) is 11.3 Å². The molecule has 1 aromatic rings. The minimum atomic E-state index is 0.0748. The van der Waals surface area contributed by atoms with Gasteiger partial charge in [0.25, 0.3) is 0 Å². The number of thioether (sulfide) groups is 1. The van der Waals surface area contributed by atoms with Crippen LogP contribution in [0.2, 0.25) is 0 Å². The molecular formula is C9H13NO2S. The van der Waals surface area contributed by atoms with Gasteiger partial charge >= 0.3 is 0 Å². The Morgan fingerprint density at radius 1 is 1.69 bits per heavy atom.